The van der Waals surface area contributed by atoms with Crippen LogP contribution in [0.4, 0.5) is 16.3 Å². The second-order valence-electron chi connectivity index (χ2n) is 6.30. The van der Waals surface area contributed by atoms with E-state index in [9.17, 15) is 9.90 Å². The second-order valence-corrected chi connectivity index (χ2v) is 6.30. The zero-order chi connectivity index (χ0) is 19.2. The molecule has 0 radical (unpaired) electrons. The van der Waals surface area contributed by atoms with Crippen molar-refractivity contribution in [3.8, 4) is 11.5 Å². The van der Waals surface area contributed by atoms with Crippen molar-refractivity contribution < 1.29 is 19.4 Å². The molecule has 1 fully saturated rings. The minimum absolute atomic E-state index is 0.0692. The molecule has 1 aromatic carbocycles. The average Bonchev–Trinajstić information content (AvgIpc) is 2.70. The Bertz CT molecular complexity index is 776. The van der Waals surface area contributed by atoms with E-state index in [0.29, 0.717) is 31.2 Å². The molecule has 1 saturated heterocycles. The molecule has 1 aliphatic heterocycles. The van der Waals surface area contributed by atoms with Gasteiger partial charge in [0.25, 0.3) is 0 Å². The van der Waals surface area contributed by atoms with Crippen molar-refractivity contribution in [2.24, 2.45) is 0 Å². The van der Waals surface area contributed by atoms with Gasteiger partial charge in [-0.05, 0) is 29.8 Å². The number of hydrogen-bond acceptors (Lipinski definition) is 6. The first-order chi connectivity index (χ1) is 13.1. The van der Waals surface area contributed by atoms with Crippen LogP contribution in [-0.4, -0.2) is 61.5 Å². The molecular weight excluding hydrogens is 348 g/mol. The summed E-state index contributed by atoms with van der Waals surface area (Å²) in [7, 11) is 3.19. The van der Waals surface area contributed by atoms with Crippen molar-refractivity contribution in [1.29, 1.82) is 0 Å². The Morgan fingerprint density at radius 3 is 2.78 bits per heavy atom. The van der Waals surface area contributed by atoms with Crippen molar-refractivity contribution in [2.45, 2.75) is 6.54 Å². The first-order valence-electron chi connectivity index (χ1n) is 8.73. The molecule has 0 spiro atoms. The van der Waals surface area contributed by atoms with E-state index >= 15 is 0 Å². The highest BCUT2D eigenvalue weighted by Crippen LogP contribution is 2.26. The zero-order valence-electron chi connectivity index (χ0n) is 15.5. The third kappa shape index (κ3) is 4.79. The predicted molar refractivity (Wildman–Crippen MR) is 102 cm³/mol. The number of carbonyl (C=O) groups is 1. The lowest BCUT2D eigenvalue weighted by Gasteiger charge is -2.27. The highest BCUT2D eigenvalue weighted by molar-refractivity contribution is 5.89. The van der Waals surface area contributed by atoms with Crippen LogP contribution < -0.4 is 15.0 Å². The maximum Gasteiger partial charge on any atom is 0.321 e. The molecule has 27 heavy (non-hydrogen) atoms. The number of nitrogens with zero attached hydrogens (tertiary/aromatic N) is 3. The minimum Gasteiger partial charge on any atom is -0.504 e. The summed E-state index contributed by atoms with van der Waals surface area (Å²) in [6.07, 6.45) is 1.65. The monoisotopic (exact) mass is 372 g/mol. The molecule has 0 aliphatic carbocycles. The van der Waals surface area contributed by atoms with Gasteiger partial charge in [0, 0.05) is 26.7 Å². The highest BCUT2D eigenvalue weighted by Gasteiger charge is 2.14. The molecule has 8 heteroatoms. The number of urea groups is 1. The third-order valence-electron chi connectivity index (χ3n) is 4.34. The van der Waals surface area contributed by atoms with E-state index in [-0.39, 0.29) is 11.8 Å². The number of ether oxygens (including phenoxy) is 2. The Labute approximate surface area is 158 Å². The fourth-order valence-electron chi connectivity index (χ4n) is 2.82. The quantitative estimate of drug-likeness (QED) is 0.837. The topological polar surface area (TPSA) is 87.2 Å². The number of anilines is 2. The summed E-state index contributed by atoms with van der Waals surface area (Å²) in [6, 6.07) is 8.49. The van der Waals surface area contributed by atoms with Crippen molar-refractivity contribution in [3.05, 3.63) is 42.1 Å². The normalized spacial score (nSPS) is 13.9. The van der Waals surface area contributed by atoms with E-state index in [0.717, 1.165) is 24.5 Å². The average molecular weight is 372 g/mol. The van der Waals surface area contributed by atoms with Gasteiger partial charge in [-0.3, -0.25) is 0 Å². The van der Waals surface area contributed by atoms with E-state index in [1.807, 2.05) is 12.1 Å². The van der Waals surface area contributed by atoms with Gasteiger partial charge in [0.1, 0.15) is 5.82 Å². The number of nitrogens with one attached hydrogen (secondary N) is 1. The van der Waals surface area contributed by atoms with Gasteiger partial charge in [-0.25, -0.2) is 9.78 Å². The third-order valence-corrected chi connectivity index (χ3v) is 4.34. The lowest BCUT2D eigenvalue weighted by Crippen LogP contribution is -2.36. The SMILES string of the molecule is COc1cc(CN(C)C(=O)Nc2ccc(N3CCOCC3)nc2)ccc1O. The number of amides is 2. The van der Waals surface area contributed by atoms with Crippen LogP contribution in [0.5, 0.6) is 11.5 Å². The van der Waals surface area contributed by atoms with E-state index in [4.69, 9.17) is 9.47 Å². The maximum absolute atomic E-state index is 12.4. The molecule has 1 aliphatic rings. The van der Waals surface area contributed by atoms with Crippen molar-refractivity contribution in [1.82, 2.24) is 9.88 Å². The van der Waals surface area contributed by atoms with E-state index in [1.165, 1.54) is 7.11 Å². The van der Waals surface area contributed by atoms with Crippen molar-refractivity contribution in [2.75, 3.05) is 50.7 Å². The van der Waals surface area contributed by atoms with Crippen LogP contribution >= 0.6 is 0 Å². The fraction of sp³-hybridized carbons (Fsp3) is 0.368. The first kappa shape index (κ1) is 18.8. The number of methoxy groups -OCH3 is 1. The standard InChI is InChI=1S/C19H24N4O4/c1-22(13-14-3-5-16(24)17(11-14)26-2)19(25)21-15-4-6-18(20-12-15)23-7-9-27-10-8-23/h3-6,11-12,24H,7-10,13H2,1-2H3,(H,21,25). The van der Waals surface area contributed by atoms with Crippen LogP contribution in [0.2, 0.25) is 0 Å². The highest BCUT2D eigenvalue weighted by atomic mass is 16.5. The Balaban J connectivity index is 1.57. The number of phenolic OH excluding ortho intramolecular Hbond substituents is 1. The summed E-state index contributed by atoms with van der Waals surface area (Å²) in [5.41, 5.74) is 1.48. The molecule has 2 aromatic rings. The van der Waals surface area contributed by atoms with E-state index < -0.39 is 0 Å². The molecule has 2 amide bonds. The molecule has 2 N–H and O–H groups in total. The summed E-state index contributed by atoms with van der Waals surface area (Å²) in [5.74, 6) is 1.32. The number of aromatic hydroxyl groups is 1. The molecule has 0 atom stereocenters. The maximum atomic E-state index is 12.4. The predicted octanol–water partition coefficient (Wildman–Crippen LogP) is 2.30. The van der Waals surface area contributed by atoms with Crippen molar-refractivity contribution >= 4 is 17.5 Å². The van der Waals surface area contributed by atoms with Crippen LogP contribution in [0, 0.1) is 0 Å². The number of aromatic nitrogens is 1. The number of morpholine rings is 1. The summed E-state index contributed by atoms with van der Waals surface area (Å²) in [6.45, 7) is 3.41. The van der Waals surface area contributed by atoms with E-state index in [1.54, 1.807) is 36.3 Å². The molecule has 144 valence electrons. The number of phenols is 1. The molecule has 0 unspecified atom stereocenters. The first-order valence-corrected chi connectivity index (χ1v) is 8.73. The van der Waals surface area contributed by atoms with Crippen molar-refractivity contribution in [3.63, 3.8) is 0 Å². The van der Waals surface area contributed by atoms with Gasteiger partial charge in [-0.2, -0.15) is 0 Å². The van der Waals surface area contributed by atoms with E-state index in [2.05, 4.69) is 15.2 Å². The Morgan fingerprint density at radius 1 is 1.33 bits per heavy atom. The number of rotatable bonds is 5. The largest absolute Gasteiger partial charge is 0.504 e. The number of hydrogen-bond donors (Lipinski definition) is 2. The van der Waals surface area contributed by atoms with Gasteiger partial charge in [0.05, 0.1) is 32.2 Å². The molecule has 2 heterocycles. The summed E-state index contributed by atoms with van der Waals surface area (Å²) in [4.78, 5) is 20.5. The molecule has 3 rings (SSSR count). The van der Waals surface area contributed by atoms with Crippen LogP contribution in [0.3, 0.4) is 0 Å². The molecule has 1 aromatic heterocycles. The Morgan fingerprint density at radius 2 is 2.11 bits per heavy atom. The zero-order valence-corrected chi connectivity index (χ0v) is 15.5. The van der Waals surface area contributed by atoms with Crippen LogP contribution in [0.25, 0.3) is 0 Å². The molecular formula is C19H24N4O4. The smallest absolute Gasteiger partial charge is 0.321 e. The fourth-order valence-corrected chi connectivity index (χ4v) is 2.82. The van der Waals surface area contributed by atoms with Gasteiger partial charge in [0.15, 0.2) is 11.5 Å². The number of carbonyl (C=O) groups excluding carboxylic acids is 1. The van der Waals surface area contributed by atoms with Gasteiger partial charge in [-0.1, -0.05) is 6.07 Å². The van der Waals surface area contributed by atoms with Crippen LogP contribution in [0.1, 0.15) is 5.56 Å². The van der Waals surface area contributed by atoms with Crippen LogP contribution in [-0.2, 0) is 11.3 Å². The molecule has 0 bridgehead atoms. The molecule has 8 nitrogen and oxygen atoms in total. The lowest BCUT2D eigenvalue weighted by atomic mass is 10.2. The van der Waals surface area contributed by atoms with Gasteiger partial charge >= 0.3 is 6.03 Å². The Hall–Kier alpha value is -3.00. The Kier molecular flexibility index (Phi) is 5.97. The number of pyridine rings is 1. The second kappa shape index (κ2) is 8.59. The lowest BCUT2D eigenvalue weighted by molar-refractivity contribution is 0.122. The number of benzene rings is 1. The van der Waals surface area contributed by atoms with Crippen LogP contribution in [0.15, 0.2) is 36.5 Å². The summed E-state index contributed by atoms with van der Waals surface area (Å²) in [5, 5.41) is 12.5. The van der Waals surface area contributed by atoms with Gasteiger partial charge in [0.2, 0.25) is 0 Å². The summed E-state index contributed by atoms with van der Waals surface area (Å²) >= 11 is 0. The van der Waals surface area contributed by atoms with Gasteiger partial charge < -0.3 is 29.7 Å². The minimum atomic E-state index is -0.247. The molecule has 0 saturated carbocycles. The summed E-state index contributed by atoms with van der Waals surface area (Å²) < 4.78 is 10.4. The van der Waals surface area contributed by atoms with Gasteiger partial charge in [-0.15, -0.1) is 0 Å².